The van der Waals surface area contributed by atoms with Gasteiger partial charge in [-0.1, -0.05) is 26.7 Å². The fourth-order valence-corrected chi connectivity index (χ4v) is 0.729. The summed E-state index contributed by atoms with van der Waals surface area (Å²) in [5, 5.41) is 6.64. The van der Waals surface area contributed by atoms with Gasteiger partial charge in [0.15, 0.2) is 0 Å². The highest BCUT2D eigenvalue weighted by atomic mass is 35.5. The summed E-state index contributed by atoms with van der Waals surface area (Å²) >= 11 is 3.94. The molecule has 16 heavy (non-hydrogen) atoms. The Morgan fingerprint density at radius 3 is 1.75 bits per heavy atom. The molecule has 0 spiro atoms. The van der Waals surface area contributed by atoms with E-state index >= 15 is 0 Å². The Kier molecular flexibility index (Phi) is 12.4. The minimum atomic E-state index is -4.11. The molecule has 2 N–H and O–H groups in total. The van der Waals surface area contributed by atoms with Crippen LogP contribution in [0.5, 0.6) is 0 Å². The Balaban J connectivity index is 0. The SMILES string of the molecule is CCCCNCCCC.O=C(O)C(F)(F)Cl. The molecule has 98 valence electrons. The minimum absolute atomic E-state index is 1.20. The summed E-state index contributed by atoms with van der Waals surface area (Å²) < 4.78 is 22.0. The maximum Gasteiger partial charge on any atom is 0.417 e. The van der Waals surface area contributed by atoms with Crippen LogP contribution in [0.1, 0.15) is 39.5 Å². The fourth-order valence-electron chi connectivity index (χ4n) is 0.729. The molecule has 0 aliphatic heterocycles. The Hall–Kier alpha value is -0.420. The highest BCUT2D eigenvalue weighted by molar-refractivity contribution is 6.30. The van der Waals surface area contributed by atoms with Gasteiger partial charge < -0.3 is 10.4 Å². The van der Waals surface area contributed by atoms with E-state index in [4.69, 9.17) is 9.90 Å². The molecule has 0 aromatic heterocycles. The second kappa shape index (κ2) is 11.1. The average molecular weight is 260 g/mol. The van der Waals surface area contributed by atoms with Crippen molar-refractivity contribution in [2.45, 2.75) is 44.9 Å². The minimum Gasteiger partial charge on any atom is -0.476 e. The van der Waals surface area contributed by atoms with Crippen LogP contribution in [0.25, 0.3) is 0 Å². The molecule has 6 heteroatoms. The summed E-state index contributed by atoms with van der Waals surface area (Å²) in [4.78, 5) is 9.14. The third-order valence-corrected chi connectivity index (χ3v) is 1.82. The zero-order chi connectivity index (χ0) is 13.0. The molecular formula is C10H20ClF2NO2. The largest absolute Gasteiger partial charge is 0.476 e. The predicted molar refractivity (Wildman–Crippen MR) is 61.1 cm³/mol. The van der Waals surface area contributed by atoms with Crippen molar-refractivity contribution in [3.05, 3.63) is 0 Å². The maximum absolute atomic E-state index is 11.0. The summed E-state index contributed by atoms with van der Waals surface area (Å²) in [6.07, 6.45) is 5.26. The first-order valence-corrected chi connectivity index (χ1v) is 5.74. The van der Waals surface area contributed by atoms with Gasteiger partial charge in [0.2, 0.25) is 0 Å². The van der Waals surface area contributed by atoms with Gasteiger partial charge in [0.05, 0.1) is 0 Å². The van der Waals surface area contributed by atoms with Gasteiger partial charge >= 0.3 is 11.4 Å². The topological polar surface area (TPSA) is 49.3 Å². The van der Waals surface area contributed by atoms with Gasteiger partial charge in [-0.2, -0.15) is 8.78 Å². The lowest BCUT2D eigenvalue weighted by atomic mass is 10.3. The molecule has 0 aliphatic rings. The van der Waals surface area contributed by atoms with E-state index in [2.05, 4.69) is 30.8 Å². The van der Waals surface area contributed by atoms with Crippen LogP contribution in [0.4, 0.5) is 8.78 Å². The van der Waals surface area contributed by atoms with Crippen molar-refractivity contribution in [3.8, 4) is 0 Å². The first-order valence-electron chi connectivity index (χ1n) is 5.37. The molecule has 0 unspecified atom stereocenters. The lowest BCUT2D eigenvalue weighted by Gasteiger charge is -1.99. The Bertz CT molecular complexity index is 169. The highest BCUT2D eigenvalue weighted by Crippen LogP contribution is 2.17. The number of hydrogen-bond donors (Lipinski definition) is 2. The Labute approximate surface area is 100 Å². The number of alkyl halides is 3. The van der Waals surface area contributed by atoms with Crippen LogP contribution >= 0.6 is 11.6 Å². The highest BCUT2D eigenvalue weighted by Gasteiger charge is 2.35. The maximum atomic E-state index is 11.0. The molecule has 0 aliphatic carbocycles. The number of carboxylic acids is 1. The first-order chi connectivity index (χ1) is 7.36. The van der Waals surface area contributed by atoms with Gasteiger partial charge in [-0.15, -0.1) is 0 Å². The summed E-state index contributed by atoms with van der Waals surface area (Å²) in [5.74, 6) is -2.32. The monoisotopic (exact) mass is 259 g/mol. The Morgan fingerprint density at radius 1 is 1.25 bits per heavy atom. The van der Waals surface area contributed by atoms with Gasteiger partial charge in [-0.05, 0) is 37.5 Å². The molecule has 0 saturated heterocycles. The van der Waals surface area contributed by atoms with E-state index in [9.17, 15) is 8.78 Å². The van der Waals surface area contributed by atoms with E-state index in [1.54, 1.807) is 0 Å². The molecular weight excluding hydrogens is 240 g/mol. The Morgan fingerprint density at radius 2 is 1.56 bits per heavy atom. The molecule has 3 nitrogen and oxygen atoms in total. The number of rotatable bonds is 7. The molecule has 0 aromatic rings. The molecule has 0 fully saturated rings. The number of halogens is 3. The van der Waals surface area contributed by atoms with Crippen LogP contribution in [0, 0.1) is 0 Å². The molecule has 0 rings (SSSR count). The lowest BCUT2D eigenvalue weighted by Crippen LogP contribution is -2.19. The van der Waals surface area contributed by atoms with Gasteiger partial charge in [0.25, 0.3) is 0 Å². The molecule has 0 saturated carbocycles. The predicted octanol–water partition coefficient (Wildman–Crippen LogP) is 3.08. The van der Waals surface area contributed by atoms with E-state index in [0.29, 0.717) is 0 Å². The fraction of sp³-hybridized carbons (Fsp3) is 0.900. The molecule has 0 radical (unpaired) electrons. The van der Waals surface area contributed by atoms with Crippen molar-refractivity contribution in [3.63, 3.8) is 0 Å². The second-order valence-corrected chi connectivity index (χ2v) is 3.73. The number of unbranched alkanes of at least 4 members (excludes halogenated alkanes) is 2. The van der Waals surface area contributed by atoms with Crippen LogP contribution < -0.4 is 5.32 Å². The van der Waals surface area contributed by atoms with Gasteiger partial charge in [0.1, 0.15) is 0 Å². The van der Waals surface area contributed by atoms with E-state index in [0.717, 1.165) is 0 Å². The first kappa shape index (κ1) is 18.0. The van der Waals surface area contributed by atoms with E-state index in [1.807, 2.05) is 0 Å². The van der Waals surface area contributed by atoms with Crippen molar-refractivity contribution in [1.82, 2.24) is 5.32 Å². The quantitative estimate of drug-likeness (QED) is 0.546. The van der Waals surface area contributed by atoms with Crippen molar-refractivity contribution in [2.24, 2.45) is 0 Å². The lowest BCUT2D eigenvalue weighted by molar-refractivity contribution is -0.153. The number of hydrogen-bond acceptors (Lipinski definition) is 2. The van der Waals surface area contributed by atoms with Crippen molar-refractivity contribution < 1.29 is 18.7 Å². The van der Waals surface area contributed by atoms with Crippen LogP contribution in [-0.4, -0.2) is 29.5 Å². The number of carbonyl (C=O) groups is 1. The zero-order valence-electron chi connectivity index (χ0n) is 9.73. The molecule has 0 amide bonds. The number of carboxylic acid groups (broad SMARTS) is 1. The standard InChI is InChI=1S/C8H19N.C2HClF2O2/c1-3-5-7-9-8-6-4-2;3-2(4,5)1(6)7/h9H,3-8H2,1-2H3;(H,6,7). The van der Waals surface area contributed by atoms with Crippen LogP contribution in [0.3, 0.4) is 0 Å². The third-order valence-electron chi connectivity index (χ3n) is 1.66. The molecule has 0 heterocycles. The summed E-state index contributed by atoms with van der Waals surface area (Å²) in [6.45, 7) is 6.86. The van der Waals surface area contributed by atoms with Crippen LogP contribution in [0.15, 0.2) is 0 Å². The smallest absolute Gasteiger partial charge is 0.417 e. The summed E-state index contributed by atoms with van der Waals surface area (Å²) in [6, 6.07) is 0. The van der Waals surface area contributed by atoms with Crippen LogP contribution in [-0.2, 0) is 4.79 Å². The summed E-state index contributed by atoms with van der Waals surface area (Å²) in [5.41, 5.74) is 0. The summed E-state index contributed by atoms with van der Waals surface area (Å²) in [7, 11) is 0. The van der Waals surface area contributed by atoms with Gasteiger partial charge in [0, 0.05) is 0 Å². The van der Waals surface area contributed by atoms with E-state index < -0.39 is 11.4 Å². The second-order valence-electron chi connectivity index (χ2n) is 3.26. The normalized spacial score (nSPS) is 10.6. The molecule has 0 bridgehead atoms. The molecule has 0 atom stereocenters. The van der Waals surface area contributed by atoms with E-state index in [1.165, 1.54) is 38.8 Å². The number of aliphatic carboxylic acids is 1. The average Bonchev–Trinajstić information content (AvgIpc) is 2.17. The van der Waals surface area contributed by atoms with Gasteiger partial charge in [-0.25, -0.2) is 4.79 Å². The number of nitrogens with one attached hydrogen (secondary N) is 1. The van der Waals surface area contributed by atoms with Crippen molar-refractivity contribution >= 4 is 17.6 Å². The van der Waals surface area contributed by atoms with E-state index in [-0.39, 0.29) is 0 Å². The van der Waals surface area contributed by atoms with Crippen LogP contribution in [0.2, 0.25) is 0 Å². The van der Waals surface area contributed by atoms with Crippen molar-refractivity contribution in [1.29, 1.82) is 0 Å². The zero-order valence-corrected chi connectivity index (χ0v) is 10.5. The molecule has 0 aromatic carbocycles. The third kappa shape index (κ3) is 16.0. The van der Waals surface area contributed by atoms with Gasteiger partial charge in [-0.3, -0.25) is 0 Å². The van der Waals surface area contributed by atoms with Crippen molar-refractivity contribution in [2.75, 3.05) is 13.1 Å².